The first kappa shape index (κ1) is 15.2. The van der Waals surface area contributed by atoms with Crippen molar-refractivity contribution in [3.8, 4) is 0 Å². The van der Waals surface area contributed by atoms with Crippen molar-refractivity contribution >= 4 is 11.8 Å². The maximum atomic E-state index is 11.0. The smallest absolute Gasteiger partial charge is 0.356 e. The fraction of sp³-hybridized carbons (Fsp3) is 0.500. The van der Waals surface area contributed by atoms with Gasteiger partial charge in [-0.3, -0.25) is 0 Å². The minimum atomic E-state index is -0.997. The molecule has 126 valence electrons. The molecule has 6 nitrogen and oxygen atoms in total. The monoisotopic (exact) mass is 326 g/mol. The van der Waals surface area contributed by atoms with E-state index in [2.05, 4.69) is 28.9 Å². The van der Waals surface area contributed by atoms with Gasteiger partial charge in [0.25, 0.3) is 0 Å². The highest BCUT2D eigenvalue weighted by Crippen LogP contribution is 2.46. The summed E-state index contributed by atoms with van der Waals surface area (Å²) in [6.07, 6.45) is 6.51. The summed E-state index contributed by atoms with van der Waals surface area (Å²) >= 11 is 0. The van der Waals surface area contributed by atoms with Crippen molar-refractivity contribution in [3.63, 3.8) is 0 Å². The summed E-state index contributed by atoms with van der Waals surface area (Å²) in [7, 11) is 0. The summed E-state index contributed by atoms with van der Waals surface area (Å²) in [6, 6.07) is 4.24. The molecule has 1 saturated carbocycles. The number of hydrogen-bond donors (Lipinski definition) is 1. The predicted molar refractivity (Wildman–Crippen MR) is 90.3 cm³/mol. The van der Waals surface area contributed by atoms with Crippen LogP contribution in [0.2, 0.25) is 0 Å². The predicted octanol–water partition coefficient (Wildman–Crippen LogP) is 2.43. The largest absolute Gasteiger partial charge is 0.476 e. The van der Waals surface area contributed by atoms with Crippen molar-refractivity contribution in [2.45, 2.75) is 32.7 Å². The summed E-state index contributed by atoms with van der Waals surface area (Å²) in [4.78, 5) is 22.2. The second kappa shape index (κ2) is 5.92. The molecule has 0 amide bonds. The van der Waals surface area contributed by atoms with E-state index in [1.807, 2.05) is 4.57 Å². The highest BCUT2D eigenvalue weighted by atomic mass is 16.4. The molecular formula is C18H22N4O2. The van der Waals surface area contributed by atoms with Crippen LogP contribution in [0.3, 0.4) is 0 Å². The van der Waals surface area contributed by atoms with Gasteiger partial charge in [0, 0.05) is 25.0 Å². The fourth-order valence-corrected chi connectivity index (χ4v) is 3.63. The van der Waals surface area contributed by atoms with Gasteiger partial charge >= 0.3 is 5.97 Å². The molecular weight excluding hydrogens is 304 g/mol. The molecule has 0 spiro atoms. The van der Waals surface area contributed by atoms with Gasteiger partial charge in [-0.15, -0.1) is 0 Å². The number of nitrogens with zero attached hydrogens (tertiary/aromatic N) is 4. The molecule has 4 rings (SSSR count). The first-order valence-corrected chi connectivity index (χ1v) is 8.63. The van der Waals surface area contributed by atoms with Crippen LogP contribution < -0.4 is 4.90 Å². The van der Waals surface area contributed by atoms with E-state index in [0.29, 0.717) is 6.54 Å². The maximum absolute atomic E-state index is 11.0. The highest BCUT2D eigenvalue weighted by molar-refractivity contribution is 5.84. The van der Waals surface area contributed by atoms with Crippen molar-refractivity contribution in [1.29, 1.82) is 0 Å². The molecule has 2 atom stereocenters. The Morgan fingerprint density at radius 1 is 1.33 bits per heavy atom. The molecule has 0 bridgehead atoms. The van der Waals surface area contributed by atoms with Crippen LogP contribution in [0, 0.1) is 11.8 Å². The van der Waals surface area contributed by atoms with Gasteiger partial charge in [0.15, 0.2) is 5.69 Å². The quantitative estimate of drug-likeness (QED) is 0.883. The topological polar surface area (TPSA) is 71.2 Å². The van der Waals surface area contributed by atoms with Crippen LogP contribution in [0.4, 0.5) is 5.82 Å². The third-order valence-corrected chi connectivity index (χ3v) is 5.05. The lowest BCUT2D eigenvalue weighted by molar-refractivity contribution is 0.0691. The summed E-state index contributed by atoms with van der Waals surface area (Å²) in [6.45, 7) is 5.05. The number of carboxylic acid groups (broad SMARTS) is 1. The molecule has 2 unspecified atom stereocenters. The highest BCUT2D eigenvalue weighted by Gasteiger charge is 2.45. The molecule has 2 aromatic rings. The molecule has 1 N–H and O–H groups in total. The molecule has 1 saturated heterocycles. The lowest BCUT2D eigenvalue weighted by Crippen LogP contribution is -2.23. The van der Waals surface area contributed by atoms with Gasteiger partial charge in [-0.2, -0.15) is 0 Å². The van der Waals surface area contributed by atoms with Gasteiger partial charge in [0.05, 0.1) is 12.9 Å². The van der Waals surface area contributed by atoms with Crippen LogP contribution in [0.1, 0.15) is 41.5 Å². The van der Waals surface area contributed by atoms with Crippen LogP contribution in [-0.4, -0.2) is 38.7 Å². The lowest BCUT2D eigenvalue weighted by atomic mass is 10.1. The number of carboxylic acids is 1. The average Bonchev–Trinajstić information content (AvgIpc) is 2.98. The average molecular weight is 326 g/mol. The van der Waals surface area contributed by atoms with E-state index in [1.165, 1.54) is 6.42 Å². The van der Waals surface area contributed by atoms with Crippen LogP contribution >= 0.6 is 0 Å². The normalized spacial score (nSPS) is 21.8. The van der Waals surface area contributed by atoms with E-state index in [-0.39, 0.29) is 5.69 Å². The van der Waals surface area contributed by atoms with E-state index < -0.39 is 5.97 Å². The Labute approximate surface area is 141 Å². The summed E-state index contributed by atoms with van der Waals surface area (Å²) in [5, 5.41) is 8.99. The minimum Gasteiger partial charge on any atom is -0.476 e. The van der Waals surface area contributed by atoms with Crippen molar-refractivity contribution in [1.82, 2.24) is 14.5 Å². The molecule has 0 aromatic carbocycles. The Morgan fingerprint density at radius 3 is 2.79 bits per heavy atom. The lowest BCUT2D eigenvalue weighted by Gasteiger charge is -2.21. The minimum absolute atomic E-state index is 0.0768. The second-order valence-corrected chi connectivity index (χ2v) is 6.92. The van der Waals surface area contributed by atoms with Crippen molar-refractivity contribution < 1.29 is 9.90 Å². The summed E-state index contributed by atoms with van der Waals surface area (Å²) < 4.78 is 1.81. The van der Waals surface area contributed by atoms with E-state index in [0.717, 1.165) is 54.8 Å². The van der Waals surface area contributed by atoms with Crippen LogP contribution in [0.5, 0.6) is 0 Å². The van der Waals surface area contributed by atoms with E-state index in [4.69, 9.17) is 10.1 Å². The standard InChI is InChI=1S/C18H22N4O2/c1-2-3-15-12(7-21-10-16(18(23)24)19-11-21)4-5-17(20-15)22-8-13-6-14(13)9-22/h4-5,10-11,13-14H,2-3,6-9H2,1H3,(H,23,24). The van der Waals surface area contributed by atoms with Gasteiger partial charge < -0.3 is 14.6 Å². The van der Waals surface area contributed by atoms with Crippen LogP contribution in [0.15, 0.2) is 24.7 Å². The number of rotatable bonds is 6. The number of pyridine rings is 1. The second-order valence-electron chi connectivity index (χ2n) is 6.92. The van der Waals surface area contributed by atoms with E-state index >= 15 is 0 Å². The van der Waals surface area contributed by atoms with Crippen molar-refractivity contribution in [2.24, 2.45) is 11.8 Å². The number of aryl methyl sites for hydroxylation is 1. The zero-order valence-corrected chi connectivity index (χ0v) is 13.9. The molecule has 2 fully saturated rings. The fourth-order valence-electron chi connectivity index (χ4n) is 3.63. The SMILES string of the molecule is CCCc1nc(N2CC3CC3C2)ccc1Cn1cnc(C(=O)O)c1. The van der Waals surface area contributed by atoms with Gasteiger partial charge in [-0.05, 0) is 36.3 Å². The molecule has 6 heteroatoms. The van der Waals surface area contributed by atoms with E-state index in [1.54, 1.807) is 12.5 Å². The number of imidazole rings is 1. The van der Waals surface area contributed by atoms with Crippen molar-refractivity contribution in [3.05, 3.63) is 41.6 Å². The first-order valence-electron chi connectivity index (χ1n) is 8.63. The van der Waals surface area contributed by atoms with Gasteiger partial charge in [0.1, 0.15) is 5.82 Å². The first-order chi connectivity index (χ1) is 11.6. The van der Waals surface area contributed by atoms with Crippen molar-refractivity contribution in [2.75, 3.05) is 18.0 Å². The van der Waals surface area contributed by atoms with E-state index in [9.17, 15) is 4.79 Å². The Kier molecular flexibility index (Phi) is 3.75. The number of fused-ring (bicyclic) bond motifs is 1. The molecule has 1 aliphatic heterocycles. The Bertz CT molecular complexity index is 760. The molecule has 2 aromatic heterocycles. The number of piperidine rings is 1. The van der Waals surface area contributed by atoms with Crippen LogP contribution in [0.25, 0.3) is 0 Å². The van der Waals surface area contributed by atoms with Gasteiger partial charge in [0.2, 0.25) is 0 Å². The third-order valence-electron chi connectivity index (χ3n) is 5.05. The number of anilines is 1. The number of aromatic nitrogens is 3. The molecule has 0 radical (unpaired) electrons. The third kappa shape index (κ3) is 2.88. The summed E-state index contributed by atoms with van der Waals surface area (Å²) in [5.74, 6) is 1.87. The Morgan fingerprint density at radius 2 is 2.12 bits per heavy atom. The zero-order chi connectivity index (χ0) is 16.7. The molecule has 2 aliphatic rings. The Balaban J connectivity index is 1.55. The van der Waals surface area contributed by atoms with Crippen LogP contribution in [-0.2, 0) is 13.0 Å². The molecule has 3 heterocycles. The maximum Gasteiger partial charge on any atom is 0.356 e. The number of aromatic carboxylic acids is 1. The Hall–Kier alpha value is -2.37. The molecule has 1 aliphatic carbocycles. The van der Waals surface area contributed by atoms with Gasteiger partial charge in [-0.1, -0.05) is 19.4 Å². The number of hydrogen-bond acceptors (Lipinski definition) is 4. The number of carbonyl (C=O) groups is 1. The summed E-state index contributed by atoms with van der Waals surface area (Å²) in [5.41, 5.74) is 2.33. The van der Waals surface area contributed by atoms with Gasteiger partial charge in [-0.25, -0.2) is 14.8 Å². The zero-order valence-electron chi connectivity index (χ0n) is 13.9. The molecule has 24 heavy (non-hydrogen) atoms.